The Morgan fingerprint density at radius 2 is 1.40 bits per heavy atom. The number of para-hydroxylation sites is 2. The van der Waals surface area contributed by atoms with Gasteiger partial charge in [0.2, 0.25) is 0 Å². The molecule has 0 bridgehead atoms. The Kier molecular flexibility index (Phi) is 6.68. The number of fused-ring (bicyclic) bond motifs is 4. The Labute approximate surface area is 255 Å². The molecule has 7 rings (SSSR count). The summed E-state index contributed by atoms with van der Waals surface area (Å²) in [4.78, 5) is 7.01. The first-order valence-electron chi connectivity index (χ1n) is 15.3. The molecule has 3 heterocycles. The van der Waals surface area contributed by atoms with Crippen LogP contribution in [-0.2, 0) is 0 Å². The molecule has 6 nitrogen and oxygen atoms in total. The average Bonchev–Trinajstić information content (AvgIpc) is 3.62. The summed E-state index contributed by atoms with van der Waals surface area (Å²) in [5.74, 6) is 2.48. The number of hydrogen-bond donors (Lipinski definition) is 0. The van der Waals surface area contributed by atoms with E-state index in [9.17, 15) is 0 Å². The molecule has 4 aromatic carbocycles. The van der Waals surface area contributed by atoms with E-state index in [1.807, 2.05) is 6.07 Å². The summed E-state index contributed by atoms with van der Waals surface area (Å²) in [6.45, 7) is 10.0. The summed E-state index contributed by atoms with van der Waals surface area (Å²) in [5.41, 5.74) is 10.0. The SMILES string of the molecule is CC(C)c1cccc(C(C)C)c1B1N(C)c2ccc(Oc3cccc(N4CN(C)c5ccccc54)c3)cc2-n2ccc[n+]21. The predicted molar refractivity (Wildman–Crippen MR) is 178 cm³/mol. The molecule has 0 unspecified atom stereocenters. The lowest BCUT2D eigenvalue weighted by atomic mass is 9.59. The number of anilines is 4. The monoisotopic (exact) mass is 568 g/mol. The van der Waals surface area contributed by atoms with Crippen molar-refractivity contribution in [3.8, 4) is 17.2 Å². The summed E-state index contributed by atoms with van der Waals surface area (Å²) in [7, 11) is 4.34. The highest BCUT2D eigenvalue weighted by Crippen LogP contribution is 2.41. The van der Waals surface area contributed by atoms with Crippen LogP contribution in [0.15, 0.2) is 103 Å². The van der Waals surface area contributed by atoms with E-state index < -0.39 is 0 Å². The van der Waals surface area contributed by atoms with Crippen LogP contribution in [0.1, 0.15) is 50.7 Å². The van der Waals surface area contributed by atoms with Gasteiger partial charge in [0.05, 0.1) is 29.9 Å². The minimum absolute atomic E-state index is 0.0448. The van der Waals surface area contributed by atoms with Gasteiger partial charge in [-0.15, -0.1) is 4.68 Å². The van der Waals surface area contributed by atoms with Gasteiger partial charge in [-0.25, -0.2) is 0 Å². The number of rotatable bonds is 6. The molecule has 43 heavy (non-hydrogen) atoms. The first-order chi connectivity index (χ1) is 20.8. The largest absolute Gasteiger partial charge is 0.677 e. The summed E-state index contributed by atoms with van der Waals surface area (Å²) in [6.07, 6.45) is 4.34. The van der Waals surface area contributed by atoms with Crippen molar-refractivity contribution in [2.45, 2.75) is 39.5 Å². The fraction of sp³-hybridized carbons (Fsp3) is 0.250. The minimum Gasteiger partial charge on any atom is -0.457 e. The van der Waals surface area contributed by atoms with E-state index in [4.69, 9.17) is 4.74 Å². The highest BCUT2D eigenvalue weighted by atomic mass is 16.5. The Balaban J connectivity index is 1.23. The third kappa shape index (κ3) is 4.55. The van der Waals surface area contributed by atoms with Crippen molar-refractivity contribution in [1.82, 2.24) is 4.68 Å². The lowest BCUT2D eigenvalue weighted by Crippen LogP contribution is -2.74. The number of aromatic nitrogens is 2. The summed E-state index contributed by atoms with van der Waals surface area (Å²) < 4.78 is 11.1. The highest BCUT2D eigenvalue weighted by molar-refractivity contribution is 6.70. The number of nitrogens with zero attached hydrogens (tertiary/aromatic N) is 5. The molecule has 0 radical (unpaired) electrons. The van der Waals surface area contributed by atoms with Crippen molar-refractivity contribution in [2.75, 3.05) is 35.4 Å². The predicted octanol–water partition coefficient (Wildman–Crippen LogP) is 7.04. The van der Waals surface area contributed by atoms with E-state index in [1.54, 1.807) is 0 Å². The first kappa shape index (κ1) is 27.2. The van der Waals surface area contributed by atoms with E-state index in [-0.39, 0.29) is 6.98 Å². The smallest absolute Gasteiger partial charge is 0.457 e. The molecule has 0 amide bonds. The van der Waals surface area contributed by atoms with Gasteiger partial charge in [0, 0.05) is 43.4 Å². The van der Waals surface area contributed by atoms with E-state index in [1.165, 1.54) is 33.7 Å². The summed E-state index contributed by atoms with van der Waals surface area (Å²) >= 11 is 0. The molecule has 0 fully saturated rings. The van der Waals surface area contributed by atoms with Gasteiger partial charge in [-0.05, 0) is 59.4 Å². The van der Waals surface area contributed by atoms with Gasteiger partial charge < -0.3 is 19.3 Å². The van der Waals surface area contributed by atoms with Crippen molar-refractivity contribution >= 4 is 35.2 Å². The van der Waals surface area contributed by atoms with Gasteiger partial charge >= 0.3 is 6.98 Å². The molecule has 1 aromatic heterocycles. The second-order valence-electron chi connectivity index (χ2n) is 12.4. The van der Waals surface area contributed by atoms with Crippen LogP contribution in [0.4, 0.5) is 22.7 Å². The van der Waals surface area contributed by atoms with Crippen LogP contribution in [0.3, 0.4) is 0 Å². The minimum atomic E-state index is 0.0448. The zero-order chi connectivity index (χ0) is 29.8. The fourth-order valence-corrected chi connectivity index (χ4v) is 6.80. The molecule has 7 heteroatoms. The molecule has 0 N–H and O–H groups in total. The normalized spacial score (nSPS) is 14.0. The van der Waals surface area contributed by atoms with E-state index in [0.29, 0.717) is 11.8 Å². The second kappa shape index (κ2) is 10.6. The molecule has 0 atom stereocenters. The molecular weight excluding hydrogens is 529 g/mol. The maximum atomic E-state index is 6.52. The zero-order valence-electron chi connectivity index (χ0n) is 25.9. The van der Waals surface area contributed by atoms with Crippen molar-refractivity contribution < 1.29 is 9.33 Å². The molecule has 2 aliphatic rings. The first-order valence-corrected chi connectivity index (χ1v) is 15.3. The van der Waals surface area contributed by atoms with Crippen LogP contribution < -0.4 is 29.4 Å². The number of hydrogen-bond acceptors (Lipinski definition) is 4. The molecule has 5 aromatic rings. The van der Waals surface area contributed by atoms with Gasteiger partial charge in [0.25, 0.3) is 0 Å². The van der Waals surface area contributed by atoms with E-state index in [2.05, 4.69) is 163 Å². The van der Waals surface area contributed by atoms with Crippen molar-refractivity contribution in [2.24, 2.45) is 0 Å². The molecular formula is C36H39BN5O+. The topological polar surface area (TPSA) is 27.8 Å². The molecule has 0 spiro atoms. The van der Waals surface area contributed by atoms with Crippen LogP contribution >= 0.6 is 0 Å². The molecule has 2 aliphatic heterocycles. The fourth-order valence-electron chi connectivity index (χ4n) is 6.80. The molecule has 0 aliphatic carbocycles. The number of ether oxygens (including phenoxy) is 1. The molecule has 0 saturated carbocycles. The quantitative estimate of drug-likeness (QED) is 0.206. The lowest BCUT2D eigenvalue weighted by molar-refractivity contribution is -0.621. The van der Waals surface area contributed by atoms with Crippen LogP contribution in [0.25, 0.3) is 5.69 Å². The van der Waals surface area contributed by atoms with Gasteiger partial charge in [0.1, 0.15) is 17.2 Å². The Morgan fingerprint density at radius 1 is 0.698 bits per heavy atom. The summed E-state index contributed by atoms with van der Waals surface area (Å²) in [6, 6.07) is 32.3. The standard InChI is InChI=1S/C36H39BN5O/c1-25(2)30-14-10-15-31(26(3)4)36(30)37-39(6)33-19-18-29(23-35(33)41-20-11-21-42(37)41)43-28-13-9-12-27(22-28)40-24-38(5)32-16-7-8-17-34(32)40/h7-23,25-26H,24H2,1-6H3/q+1. The maximum Gasteiger partial charge on any atom is 0.677 e. The van der Waals surface area contributed by atoms with Crippen molar-refractivity contribution in [1.29, 1.82) is 0 Å². The number of benzene rings is 4. The summed E-state index contributed by atoms with van der Waals surface area (Å²) in [5, 5.41) is 0. The second-order valence-corrected chi connectivity index (χ2v) is 12.4. The van der Waals surface area contributed by atoms with E-state index >= 15 is 0 Å². The Bertz CT molecular complexity index is 1790. The molecule has 216 valence electrons. The Hall–Kier alpha value is -4.65. The third-order valence-electron chi connectivity index (χ3n) is 8.88. The average molecular weight is 569 g/mol. The van der Waals surface area contributed by atoms with Crippen molar-refractivity contribution in [3.05, 3.63) is 115 Å². The lowest BCUT2D eigenvalue weighted by Gasteiger charge is -2.31. The highest BCUT2D eigenvalue weighted by Gasteiger charge is 2.48. The third-order valence-corrected chi connectivity index (χ3v) is 8.88. The van der Waals surface area contributed by atoms with Crippen LogP contribution in [0, 0.1) is 0 Å². The van der Waals surface area contributed by atoms with Crippen molar-refractivity contribution in [3.63, 3.8) is 0 Å². The van der Waals surface area contributed by atoms with Gasteiger partial charge in [-0.3, -0.25) is 0 Å². The van der Waals surface area contributed by atoms with Crippen LogP contribution in [-0.4, -0.2) is 32.4 Å². The van der Waals surface area contributed by atoms with Gasteiger partial charge in [-0.1, -0.05) is 64.1 Å². The zero-order valence-corrected chi connectivity index (χ0v) is 25.9. The maximum absolute atomic E-state index is 6.52. The van der Waals surface area contributed by atoms with Gasteiger partial charge in [0.15, 0.2) is 6.20 Å². The van der Waals surface area contributed by atoms with Gasteiger partial charge in [-0.2, -0.15) is 4.59 Å². The Morgan fingerprint density at radius 3 is 2.14 bits per heavy atom. The van der Waals surface area contributed by atoms with Crippen LogP contribution in [0.5, 0.6) is 11.5 Å². The van der Waals surface area contributed by atoms with Crippen LogP contribution in [0.2, 0.25) is 0 Å². The van der Waals surface area contributed by atoms with E-state index in [0.717, 1.165) is 29.5 Å². The molecule has 0 saturated heterocycles.